The first-order chi connectivity index (χ1) is 16.9. The van der Waals surface area contributed by atoms with E-state index < -0.39 is 0 Å². The molecule has 1 saturated heterocycles. The zero-order valence-corrected chi connectivity index (χ0v) is 21.8. The van der Waals surface area contributed by atoms with E-state index in [0.717, 1.165) is 18.7 Å². The molecular weight excluding hydrogens is 476 g/mol. The summed E-state index contributed by atoms with van der Waals surface area (Å²) in [6.07, 6.45) is 0. The van der Waals surface area contributed by atoms with Gasteiger partial charge in [0.05, 0.1) is 16.0 Å². The van der Waals surface area contributed by atoms with Gasteiger partial charge in [0.15, 0.2) is 0 Å². The molecule has 0 radical (unpaired) electrons. The van der Waals surface area contributed by atoms with Crippen molar-refractivity contribution < 1.29 is 4.79 Å². The molecule has 5 rings (SSSR count). The Morgan fingerprint density at radius 2 is 1.80 bits per heavy atom. The Morgan fingerprint density at radius 1 is 1.06 bits per heavy atom. The number of carbonyl (C=O) groups excluding carboxylic acids is 1. The summed E-state index contributed by atoms with van der Waals surface area (Å²) in [7, 11) is 0. The largest absolute Gasteiger partial charge is 0.368 e. The fourth-order valence-corrected chi connectivity index (χ4v) is 6.58. The molecule has 4 aromatic rings. The Bertz CT molecular complexity index is 1440. The molecule has 2 aromatic heterocycles. The molecule has 0 aliphatic carbocycles. The molecule has 6 nitrogen and oxygen atoms in total. The van der Waals surface area contributed by atoms with Gasteiger partial charge in [0.2, 0.25) is 0 Å². The van der Waals surface area contributed by atoms with E-state index in [1.165, 1.54) is 33.0 Å². The third-order valence-electron chi connectivity index (χ3n) is 6.44. The molecule has 1 amide bonds. The summed E-state index contributed by atoms with van der Waals surface area (Å²) < 4.78 is 0. The van der Waals surface area contributed by atoms with Gasteiger partial charge in [0, 0.05) is 36.8 Å². The van der Waals surface area contributed by atoms with Gasteiger partial charge in [-0.2, -0.15) is 0 Å². The average Bonchev–Trinajstić information content (AvgIpc) is 3.21. The average molecular weight is 505 g/mol. The van der Waals surface area contributed by atoms with E-state index in [9.17, 15) is 9.59 Å². The van der Waals surface area contributed by atoms with Crippen LogP contribution in [0.5, 0.6) is 0 Å². The third kappa shape index (κ3) is 4.86. The molecule has 8 heteroatoms. The quantitative estimate of drug-likeness (QED) is 0.380. The van der Waals surface area contributed by atoms with Crippen molar-refractivity contribution in [2.24, 2.45) is 0 Å². The number of benzene rings is 2. The van der Waals surface area contributed by atoms with Crippen LogP contribution in [0, 0.1) is 20.8 Å². The molecule has 180 valence electrons. The second-order valence-electron chi connectivity index (χ2n) is 8.92. The number of amides is 1. The van der Waals surface area contributed by atoms with Crippen LogP contribution in [0.2, 0.25) is 0 Å². The third-order valence-corrected chi connectivity index (χ3v) is 8.78. The molecule has 0 saturated carbocycles. The number of aromatic amines is 1. The van der Waals surface area contributed by atoms with E-state index in [1.807, 2.05) is 30.0 Å². The molecule has 0 bridgehead atoms. The van der Waals surface area contributed by atoms with E-state index in [1.54, 1.807) is 11.8 Å². The van der Waals surface area contributed by atoms with Crippen LogP contribution in [0.3, 0.4) is 0 Å². The van der Waals surface area contributed by atoms with Crippen molar-refractivity contribution in [2.45, 2.75) is 31.4 Å². The lowest BCUT2D eigenvalue weighted by molar-refractivity contribution is 0.0751. The predicted molar refractivity (Wildman–Crippen MR) is 145 cm³/mol. The summed E-state index contributed by atoms with van der Waals surface area (Å²) in [6, 6.07) is 16.6. The number of piperazine rings is 1. The van der Waals surface area contributed by atoms with Gasteiger partial charge in [-0.1, -0.05) is 35.9 Å². The van der Waals surface area contributed by atoms with Crippen molar-refractivity contribution >= 4 is 44.9 Å². The number of anilines is 1. The minimum atomic E-state index is -0.173. The first-order valence-electron chi connectivity index (χ1n) is 11.7. The van der Waals surface area contributed by atoms with Gasteiger partial charge in [-0.25, -0.2) is 4.98 Å². The fourth-order valence-electron chi connectivity index (χ4n) is 4.42. The van der Waals surface area contributed by atoms with Gasteiger partial charge in [-0.05, 0) is 50.1 Å². The van der Waals surface area contributed by atoms with Crippen molar-refractivity contribution in [3.63, 3.8) is 0 Å². The standard InChI is InChI=1S/C27H28N4O2S2/c1-17-9-10-18(2)21(15-17)34-16-22-28-25(32)23-19(3)24(35-26(23)29-22)27(33)31-13-11-30(12-14-31)20-7-5-4-6-8-20/h4-10,15H,11-14,16H2,1-3H3,(H,28,29,32). The number of rotatable bonds is 5. The highest BCUT2D eigenvalue weighted by molar-refractivity contribution is 7.98. The highest BCUT2D eigenvalue weighted by Crippen LogP contribution is 2.30. The van der Waals surface area contributed by atoms with Crippen LogP contribution < -0.4 is 10.5 Å². The fraction of sp³-hybridized carbons (Fsp3) is 0.296. The smallest absolute Gasteiger partial charge is 0.264 e. The van der Waals surface area contributed by atoms with E-state index in [4.69, 9.17) is 4.98 Å². The zero-order valence-electron chi connectivity index (χ0n) is 20.1. The first kappa shape index (κ1) is 23.6. The lowest BCUT2D eigenvalue weighted by atomic mass is 10.2. The Kier molecular flexibility index (Phi) is 6.67. The van der Waals surface area contributed by atoms with Crippen LogP contribution in [-0.4, -0.2) is 47.0 Å². The van der Waals surface area contributed by atoms with Crippen LogP contribution in [0.25, 0.3) is 10.2 Å². The number of fused-ring (bicyclic) bond motifs is 1. The summed E-state index contributed by atoms with van der Waals surface area (Å²) in [4.78, 5) is 40.6. The number of aromatic nitrogens is 2. The molecular formula is C27H28N4O2S2. The van der Waals surface area contributed by atoms with Crippen molar-refractivity contribution in [1.29, 1.82) is 0 Å². The SMILES string of the molecule is Cc1ccc(C)c(SCc2nc3sc(C(=O)N4CCN(c5ccccc5)CC4)c(C)c3c(=O)[nH]2)c1. The summed E-state index contributed by atoms with van der Waals surface area (Å²) in [5.74, 6) is 1.19. The second kappa shape index (κ2) is 9.87. The minimum absolute atomic E-state index is 0.0103. The molecule has 2 aromatic carbocycles. The number of aryl methyl sites for hydroxylation is 3. The summed E-state index contributed by atoms with van der Waals surface area (Å²) >= 11 is 3.00. The minimum Gasteiger partial charge on any atom is -0.368 e. The summed E-state index contributed by atoms with van der Waals surface area (Å²) in [5, 5.41) is 0.529. The molecule has 35 heavy (non-hydrogen) atoms. The van der Waals surface area contributed by atoms with E-state index in [-0.39, 0.29) is 11.5 Å². The molecule has 1 N–H and O–H groups in total. The van der Waals surface area contributed by atoms with Crippen molar-refractivity contribution in [3.05, 3.63) is 86.3 Å². The lowest BCUT2D eigenvalue weighted by Crippen LogP contribution is -2.48. The zero-order chi connectivity index (χ0) is 24.5. The van der Waals surface area contributed by atoms with Crippen LogP contribution in [0.4, 0.5) is 5.69 Å². The Morgan fingerprint density at radius 3 is 2.54 bits per heavy atom. The molecule has 1 aliphatic rings. The van der Waals surface area contributed by atoms with Gasteiger partial charge in [0.25, 0.3) is 11.5 Å². The number of carbonyl (C=O) groups is 1. The normalized spacial score (nSPS) is 14.0. The van der Waals surface area contributed by atoms with Crippen molar-refractivity contribution in [1.82, 2.24) is 14.9 Å². The lowest BCUT2D eigenvalue weighted by Gasteiger charge is -2.36. The highest BCUT2D eigenvalue weighted by atomic mass is 32.2. The van der Waals surface area contributed by atoms with Crippen LogP contribution in [0.1, 0.15) is 32.2 Å². The van der Waals surface area contributed by atoms with Crippen LogP contribution in [0.15, 0.2) is 58.2 Å². The monoisotopic (exact) mass is 504 g/mol. The molecule has 0 unspecified atom stereocenters. The number of thioether (sulfide) groups is 1. The Balaban J connectivity index is 1.33. The number of hydrogen-bond acceptors (Lipinski definition) is 6. The van der Waals surface area contributed by atoms with Crippen molar-refractivity contribution in [3.8, 4) is 0 Å². The number of H-pyrrole nitrogens is 1. The molecule has 0 atom stereocenters. The maximum atomic E-state index is 13.4. The molecule has 1 fully saturated rings. The van der Waals surface area contributed by atoms with Crippen LogP contribution >= 0.6 is 23.1 Å². The Labute approximate surface area is 213 Å². The number of thiophene rings is 1. The van der Waals surface area contributed by atoms with Gasteiger partial charge < -0.3 is 14.8 Å². The number of nitrogens with one attached hydrogen (secondary N) is 1. The van der Waals surface area contributed by atoms with Gasteiger partial charge >= 0.3 is 0 Å². The number of hydrogen-bond donors (Lipinski definition) is 1. The van der Waals surface area contributed by atoms with Crippen LogP contribution in [-0.2, 0) is 5.75 Å². The van der Waals surface area contributed by atoms with E-state index in [2.05, 4.69) is 54.1 Å². The van der Waals surface area contributed by atoms with Crippen molar-refractivity contribution in [2.75, 3.05) is 31.1 Å². The van der Waals surface area contributed by atoms with Gasteiger partial charge in [-0.15, -0.1) is 23.1 Å². The first-order valence-corrected chi connectivity index (χ1v) is 13.5. The van der Waals surface area contributed by atoms with E-state index >= 15 is 0 Å². The molecule has 3 heterocycles. The second-order valence-corrected chi connectivity index (χ2v) is 10.9. The van der Waals surface area contributed by atoms with E-state index in [0.29, 0.717) is 39.8 Å². The maximum absolute atomic E-state index is 13.4. The summed E-state index contributed by atoms with van der Waals surface area (Å²) in [5.41, 5.74) is 4.14. The molecule has 1 aliphatic heterocycles. The molecule has 0 spiro atoms. The highest BCUT2D eigenvalue weighted by Gasteiger charge is 2.26. The van der Waals surface area contributed by atoms with Gasteiger partial charge in [0.1, 0.15) is 10.7 Å². The maximum Gasteiger partial charge on any atom is 0.264 e. The van der Waals surface area contributed by atoms with Gasteiger partial charge in [-0.3, -0.25) is 9.59 Å². The number of nitrogens with zero attached hydrogens (tertiary/aromatic N) is 3. The predicted octanol–water partition coefficient (Wildman–Crippen LogP) is 5.16. The topological polar surface area (TPSA) is 69.3 Å². The Hall–Kier alpha value is -3.10. The summed E-state index contributed by atoms with van der Waals surface area (Å²) in [6.45, 7) is 8.90. The number of para-hydroxylation sites is 1.